The van der Waals surface area contributed by atoms with E-state index >= 15 is 0 Å². The van der Waals surface area contributed by atoms with Crippen LogP contribution in [0.15, 0.2) is 34.5 Å². The number of benzene rings is 1. The van der Waals surface area contributed by atoms with E-state index in [9.17, 15) is 8.42 Å². The fourth-order valence-corrected chi connectivity index (χ4v) is 4.71. The molecular formula is C14H14ClNO4S2. The number of ether oxygens (including phenoxy) is 2. The molecule has 0 aliphatic carbocycles. The average molecular weight is 360 g/mol. The number of aryl methyl sites for hydroxylation is 1. The lowest BCUT2D eigenvalue weighted by atomic mass is 10.1. The summed E-state index contributed by atoms with van der Waals surface area (Å²) in [4.78, 5) is 0. The van der Waals surface area contributed by atoms with Gasteiger partial charge in [0.2, 0.25) is 16.8 Å². The Labute approximate surface area is 137 Å². The van der Waals surface area contributed by atoms with Gasteiger partial charge >= 0.3 is 0 Å². The standard InChI is InChI=1S/C14H14ClNO4S2/c15-13-5-6-14(21-13)22(17,18)16-7-1-2-10-3-4-11-12(8-10)20-9-19-11/h3-6,8,16H,1-2,7,9H2. The van der Waals surface area contributed by atoms with Gasteiger partial charge < -0.3 is 9.47 Å². The van der Waals surface area contributed by atoms with Crippen molar-refractivity contribution >= 4 is 33.0 Å². The first-order valence-electron chi connectivity index (χ1n) is 6.68. The molecular weight excluding hydrogens is 346 g/mol. The molecule has 0 spiro atoms. The Kier molecular flexibility index (Phi) is 4.58. The van der Waals surface area contributed by atoms with Crippen molar-refractivity contribution in [3.8, 4) is 11.5 Å². The summed E-state index contributed by atoms with van der Waals surface area (Å²) in [6.07, 6.45) is 1.45. The van der Waals surface area contributed by atoms with Gasteiger partial charge in [0.15, 0.2) is 11.5 Å². The third kappa shape index (κ3) is 3.55. The minimum absolute atomic E-state index is 0.237. The topological polar surface area (TPSA) is 64.6 Å². The Morgan fingerprint density at radius 1 is 1.18 bits per heavy atom. The molecule has 1 aromatic heterocycles. The maximum atomic E-state index is 12.0. The van der Waals surface area contributed by atoms with E-state index in [0.29, 0.717) is 17.3 Å². The lowest BCUT2D eigenvalue weighted by Crippen LogP contribution is -2.24. The second-order valence-corrected chi connectivity index (χ2v) is 8.46. The summed E-state index contributed by atoms with van der Waals surface area (Å²) in [6, 6.07) is 8.84. The van der Waals surface area contributed by atoms with Crippen LogP contribution in [0.3, 0.4) is 0 Å². The number of nitrogens with one attached hydrogen (secondary N) is 1. The Morgan fingerprint density at radius 2 is 2.00 bits per heavy atom. The highest BCUT2D eigenvalue weighted by atomic mass is 35.5. The van der Waals surface area contributed by atoms with Gasteiger partial charge in [-0.25, -0.2) is 13.1 Å². The highest BCUT2D eigenvalue weighted by Gasteiger charge is 2.16. The molecule has 0 atom stereocenters. The van der Waals surface area contributed by atoms with Crippen LogP contribution in [-0.4, -0.2) is 21.8 Å². The largest absolute Gasteiger partial charge is 0.454 e. The zero-order valence-corrected chi connectivity index (χ0v) is 13.9. The van der Waals surface area contributed by atoms with Crippen LogP contribution in [0.4, 0.5) is 0 Å². The highest BCUT2D eigenvalue weighted by molar-refractivity contribution is 7.91. The number of hydrogen-bond acceptors (Lipinski definition) is 5. The third-order valence-corrected chi connectivity index (χ3v) is 6.37. The molecule has 0 bridgehead atoms. The molecule has 0 radical (unpaired) electrons. The van der Waals surface area contributed by atoms with Crippen LogP contribution in [0.2, 0.25) is 4.34 Å². The first kappa shape index (κ1) is 15.6. The van der Waals surface area contributed by atoms with Gasteiger partial charge in [0.1, 0.15) is 4.21 Å². The van der Waals surface area contributed by atoms with Gasteiger partial charge in [-0.1, -0.05) is 17.7 Å². The quantitative estimate of drug-likeness (QED) is 0.805. The maximum Gasteiger partial charge on any atom is 0.250 e. The Balaban J connectivity index is 1.51. The van der Waals surface area contributed by atoms with Crippen LogP contribution >= 0.6 is 22.9 Å². The maximum absolute atomic E-state index is 12.0. The molecule has 2 heterocycles. The first-order chi connectivity index (χ1) is 10.5. The van der Waals surface area contributed by atoms with E-state index in [2.05, 4.69) is 4.72 Å². The minimum atomic E-state index is -3.46. The van der Waals surface area contributed by atoms with E-state index in [-0.39, 0.29) is 11.0 Å². The van der Waals surface area contributed by atoms with Crippen molar-refractivity contribution in [2.24, 2.45) is 0 Å². The van der Waals surface area contributed by atoms with Gasteiger partial charge in [-0.2, -0.15) is 0 Å². The molecule has 1 aliphatic rings. The van der Waals surface area contributed by atoms with Crippen LogP contribution in [-0.2, 0) is 16.4 Å². The molecule has 8 heteroatoms. The zero-order chi connectivity index (χ0) is 15.6. The summed E-state index contributed by atoms with van der Waals surface area (Å²) in [5.41, 5.74) is 1.09. The van der Waals surface area contributed by atoms with Crippen molar-refractivity contribution in [3.63, 3.8) is 0 Å². The lowest BCUT2D eigenvalue weighted by Gasteiger charge is -2.05. The number of fused-ring (bicyclic) bond motifs is 1. The number of halogens is 1. The second-order valence-electron chi connectivity index (χ2n) is 4.75. The molecule has 3 rings (SSSR count). The van der Waals surface area contributed by atoms with Crippen molar-refractivity contribution in [2.75, 3.05) is 13.3 Å². The average Bonchev–Trinajstić information content (AvgIpc) is 3.12. The number of rotatable bonds is 6. The molecule has 1 N–H and O–H groups in total. The fraction of sp³-hybridized carbons (Fsp3) is 0.286. The van der Waals surface area contributed by atoms with Gasteiger partial charge in [0.05, 0.1) is 4.34 Å². The summed E-state index contributed by atoms with van der Waals surface area (Å²) in [5, 5.41) is 0. The van der Waals surface area contributed by atoms with Crippen molar-refractivity contribution < 1.29 is 17.9 Å². The van der Waals surface area contributed by atoms with Gasteiger partial charge in [0, 0.05) is 6.54 Å². The van der Waals surface area contributed by atoms with E-state index < -0.39 is 10.0 Å². The molecule has 1 aromatic carbocycles. The normalized spacial score (nSPS) is 13.5. The lowest BCUT2D eigenvalue weighted by molar-refractivity contribution is 0.174. The molecule has 0 unspecified atom stereocenters. The van der Waals surface area contributed by atoms with E-state index in [0.717, 1.165) is 34.8 Å². The van der Waals surface area contributed by atoms with Crippen LogP contribution in [0.25, 0.3) is 0 Å². The molecule has 0 fully saturated rings. The highest BCUT2D eigenvalue weighted by Crippen LogP contribution is 2.32. The Hall–Kier alpha value is -1.28. The molecule has 1 aliphatic heterocycles. The third-order valence-electron chi connectivity index (χ3n) is 3.18. The molecule has 0 amide bonds. The molecule has 118 valence electrons. The number of hydrogen-bond donors (Lipinski definition) is 1. The van der Waals surface area contributed by atoms with E-state index in [1.165, 1.54) is 6.07 Å². The predicted octanol–water partition coefficient (Wildman–Crippen LogP) is 3.04. The SMILES string of the molecule is O=S(=O)(NCCCc1ccc2c(c1)OCO2)c1ccc(Cl)s1. The van der Waals surface area contributed by atoms with Gasteiger partial charge in [0.25, 0.3) is 0 Å². The van der Waals surface area contributed by atoms with Crippen molar-refractivity contribution in [1.82, 2.24) is 4.72 Å². The molecule has 2 aromatic rings. The van der Waals surface area contributed by atoms with E-state index in [1.807, 2.05) is 18.2 Å². The monoisotopic (exact) mass is 359 g/mol. The number of sulfonamides is 1. The summed E-state index contributed by atoms with van der Waals surface area (Å²) in [7, 11) is -3.46. The van der Waals surface area contributed by atoms with Crippen molar-refractivity contribution in [2.45, 2.75) is 17.1 Å². The van der Waals surface area contributed by atoms with Crippen molar-refractivity contribution in [3.05, 3.63) is 40.2 Å². The summed E-state index contributed by atoms with van der Waals surface area (Å²) in [6.45, 7) is 0.619. The Morgan fingerprint density at radius 3 is 2.77 bits per heavy atom. The van der Waals surface area contributed by atoms with Gasteiger partial charge in [-0.15, -0.1) is 11.3 Å². The summed E-state index contributed by atoms with van der Waals surface area (Å²) < 4.78 is 37.9. The fourth-order valence-electron chi connectivity index (χ4n) is 2.11. The van der Waals surface area contributed by atoms with Gasteiger partial charge in [-0.3, -0.25) is 0 Å². The van der Waals surface area contributed by atoms with Crippen LogP contribution in [0.1, 0.15) is 12.0 Å². The van der Waals surface area contributed by atoms with E-state index in [1.54, 1.807) is 6.07 Å². The summed E-state index contributed by atoms with van der Waals surface area (Å²) >= 11 is 6.81. The van der Waals surface area contributed by atoms with Crippen LogP contribution < -0.4 is 14.2 Å². The first-order valence-corrected chi connectivity index (χ1v) is 9.36. The molecule has 0 saturated carbocycles. The summed E-state index contributed by atoms with van der Waals surface area (Å²) in [5.74, 6) is 1.49. The van der Waals surface area contributed by atoms with Crippen LogP contribution in [0, 0.1) is 0 Å². The van der Waals surface area contributed by atoms with Gasteiger partial charge in [-0.05, 0) is 42.7 Å². The molecule has 22 heavy (non-hydrogen) atoms. The molecule has 0 saturated heterocycles. The zero-order valence-electron chi connectivity index (χ0n) is 11.5. The van der Waals surface area contributed by atoms with E-state index in [4.69, 9.17) is 21.1 Å². The minimum Gasteiger partial charge on any atom is -0.454 e. The van der Waals surface area contributed by atoms with Crippen LogP contribution in [0.5, 0.6) is 11.5 Å². The van der Waals surface area contributed by atoms with Crippen molar-refractivity contribution in [1.29, 1.82) is 0 Å². The molecule has 5 nitrogen and oxygen atoms in total. The number of thiophene rings is 1. The predicted molar refractivity (Wildman–Crippen MR) is 85.4 cm³/mol. The smallest absolute Gasteiger partial charge is 0.250 e. The second kappa shape index (κ2) is 6.45. The Bertz CT molecular complexity index is 773.